The molecule has 1 aliphatic rings. The first-order chi connectivity index (χ1) is 8.60. The van der Waals surface area contributed by atoms with Crippen LogP contribution in [-0.4, -0.2) is 48.7 Å². The SMILES string of the molecule is CN(C)CC1CCN(c2nc(Cl)c(CO)s2)CC1. The van der Waals surface area contributed by atoms with E-state index in [2.05, 4.69) is 28.9 Å². The molecule has 0 bridgehead atoms. The molecule has 1 aromatic heterocycles. The first-order valence-corrected chi connectivity index (χ1v) is 7.45. The fourth-order valence-electron chi connectivity index (χ4n) is 2.38. The number of nitrogens with zero attached hydrogens (tertiary/aromatic N) is 3. The van der Waals surface area contributed by atoms with Gasteiger partial charge < -0.3 is 14.9 Å². The highest BCUT2D eigenvalue weighted by molar-refractivity contribution is 7.16. The molecule has 0 saturated carbocycles. The summed E-state index contributed by atoms with van der Waals surface area (Å²) in [5.74, 6) is 0.781. The van der Waals surface area contributed by atoms with E-state index in [1.54, 1.807) is 0 Å². The number of aliphatic hydroxyl groups is 1. The van der Waals surface area contributed by atoms with Gasteiger partial charge in [0.2, 0.25) is 0 Å². The number of hydrogen-bond donors (Lipinski definition) is 1. The summed E-state index contributed by atoms with van der Waals surface area (Å²) in [7, 11) is 4.25. The first kappa shape index (κ1) is 14.1. The number of thiazole rings is 1. The molecule has 0 spiro atoms. The number of rotatable bonds is 4. The maximum atomic E-state index is 9.13. The second-order valence-electron chi connectivity index (χ2n) is 5.06. The molecule has 0 unspecified atom stereocenters. The Morgan fingerprint density at radius 3 is 2.61 bits per heavy atom. The van der Waals surface area contributed by atoms with Gasteiger partial charge in [-0.05, 0) is 32.9 Å². The van der Waals surface area contributed by atoms with Crippen molar-refractivity contribution >= 4 is 28.1 Å². The Morgan fingerprint density at radius 1 is 1.44 bits per heavy atom. The summed E-state index contributed by atoms with van der Waals surface area (Å²) >= 11 is 7.47. The maximum Gasteiger partial charge on any atom is 0.187 e. The van der Waals surface area contributed by atoms with E-state index in [4.69, 9.17) is 16.7 Å². The molecule has 0 amide bonds. The van der Waals surface area contributed by atoms with E-state index >= 15 is 0 Å². The Hall–Kier alpha value is -0.360. The van der Waals surface area contributed by atoms with Crippen molar-refractivity contribution in [3.8, 4) is 0 Å². The Morgan fingerprint density at radius 2 is 2.11 bits per heavy atom. The van der Waals surface area contributed by atoms with Crippen molar-refractivity contribution in [1.82, 2.24) is 9.88 Å². The summed E-state index contributed by atoms with van der Waals surface area (Å²) in [4.78, 5) is 9.63. The number of hydrogen-bond acceptors (Lipinski definition) is 5. The lowest BCUT2D eigenvalue weighted by Crippen LogP contribution is -2.37. The zero-order chi connectivity index (χ0) is 13.1. The van der Waals surface area contributed by atoms with Crippen LogP contribution in [0, 0.1) is 5.92 Å². The average molecular weight is 290 g/mol. The van der Waals surface area contributed by atoms with Crippen LogP contribution in [0.15, 0.2) is 0 Å². The van der Waals surface area contributed by atoms with Crippen LogP contribution in [0.25, 0.3) is 0 Å². The van der Waals surface area contributed by atoms with Crippen LogP contribution in [0.1, 0.15) is 17.7 Å². The fourth-order valence-corrected chi connectivity index (χ4v) is 3.55. The van der Waals surface area contributed by atoms with Crippen LogP contribution in [-0.2, 0) is 6.61 Å². The molecule has 1 N–H and O–H groups in total. The molecule has 0 aliphatic carbocycles. The fraction of sp³-hybridized carbons (Fsp3) is 0.750. The molecule has 2 heterocycles. The molecule has 0 atom stereocenters. The minimum atomic E-state index is -0.0202. The molecular weight excluding hydrogens is 270 g/mol. The minimum absolute atomic E-state index is 0.0202. The second-order valence-corrected chi connectivity index (χ2v) is 6.48. The number of aromatic nitrogens is 1. The first-order valence-electron chi connectivity index (χ1n) is 6.26. The van der Waals surface area contributed by atoms with Gasteiger partial charge in [-0.1, -0.05) is 22.9 Å². The Bertz CT molecular complexity index is 389. The van der Waals surface area contributed by atoms with Crippen LogP contribution in [0.4, 0.5) is 5.13 Å². The molecule has 6 heteroatoms. The molecule has 2 rings (SSSR count). The van der Waals surface area contributed by atoms with E-state index in [9.17, 15) is 0 Å². The van der Waals surface area contributed by atoms with Crippen LogP contribution in [0.3, 0.4) is 0 Å². The predicted octanol–water partition coefficient (Wildman–Crippen LogP) is 2.07. The standard InChI is InChI=1S/C12H20ClN3OS/c1-15(2)7-9-3-5-16(6-4-9)12-14-11(13)10(8-17)18-12/h9,17H,3-8H2,1-2H3. The van der Waals surface area contributed by atoms with E-state index in [0.29, 0.717) is 5.15 Å². The van der Waals surface area contributed by atoms with Gasteiger partial charge in [0.05, 0.1) is 11.5 Å². The normalized spacial score (nSPS) is 17.7. The molecule has 1 aromatic rings. The molecule has 4 nitrogen and oxygen atoms in total. The summed E-state index contributed by atoms with van der Waals surface area (Å²) in [6, 6.07) is 0. The van der Waals surface area contributed by atoms with Crippen molar-refractivity contribution in [3.05, 3.63) is 10.0 Å². The van der Waals surface area contributed by atoms with Gasteiger partial charge in [-0.15, -0.1) is 0 Å². The van der Waals surface area contributed by atoms with E-state index in [0.717, 1.165) is 35.6 Å². The number of aliphatic hydroxyl groups excluding tert-OH is 1. The summed E-state index contributed by atoms with van der Waals surface area (Å²) in [5.41, 5.74) is 0. The third-order valence-corrected chi connectivity index (χ3v) is 4.82. The van der Waals surface area contributed by atoms with E-state index in [1.165, 1.54) is 24.2 Å². The van der Waals surface area contributed by atoms with Gasteiger partial charge >= 0.3 is 0 Å². The predicted molar refractivity (Wildman–Crippen MR) is 76.5 cm³/mol. The number of piperidine rings is 1. The van der Waals surface area contributed by atoms with E-state index in [-0.39, 0.29) is 6.61 Å². The lowest BCUT2D eigenvalue weighted by atomic mass is 9.97. The second kappa shape index (κ2) is 6.19. The van der Waals surface area contributed by atoms with Gasteiger partial charge in [0, 0.05) is 19.6 Å². The lowest BCUT2D eigenvalue weighted by molar-refractivity contribution is 0.285. The summed E-state index contributed by atoms with van der Waals surface area (Å²) in [6.45, 7) is 3.21. The monoisotopic (exact) mass is 289 g/mol. The third kappa shape index (κ3) is 3.35. The van der Waals surface area contributed by atoms with Crippen molar-refractivity contribution < 1.29 is 5.11 Å². The van der Waals surface area contributed by atoms with Gasteiger partial charge in [0.25, 0.3) is 0 Å². The Kier molecular flexibility index (Phi) is 4.84. The Balaban J connectivity index is 1.92. The van der Waals surface area contributed by atoms with Gasteiger partial charge in [-0.25, -0.2) is 4.98 Å². The van der Waals surface area contributed by atoms with Crippen LogP contribution in [0.5, 0.6) is 0 Å². The van der Waals surface area contributed by atoms with Gasteiger partial charge in [-0.3, -0.25) is 0 Å². The van der Waals surface area contributed by atoms with Crippen LogP contribution >= 0.6 is 22.9 Å². The molecule has 0 radical (unpaired) electrons. The largest absolute Gasteiger partial charge is 0.391 e. The zero-order valence-electron chi connectivity index (χ0n) is 10.9. The summed E-state index contributed by atoms with van der Waals surface area (Å²) in [5, 5.41) is 10.5. The number of anilines is 1. The van der Waals surface area contributed by atoms with Crippen molar-refractivity contribution in [2.75, 3.05) is 38.6 Å². The molecule has 1 saturated heterocycles. The van der Waals surface area contributed by atoms with E-state index < -0.39 is 0 Å². The number of halogens is 1. The molecule has 0 aromatic carbocycles. The molecular formula is C12H20ClN3OS. The maximum absolute atomic E-state index is 9.13. The molecule has 18 heavy (non-hydrogen) atoms. The molecule has 1 fully saturated rings. The lowest BCUT2D eigenvalue weighted by Gasteiger charge is -2.32. The van der Waals surface area contributed by atoms with Gasteiger partial charge in [0.15, 0.2) is 5.13 Å². The molecule has 102 valence electrons. The van der Waals surface area contributed by atoms with Crippen molar-refractivity contribution in [2.24, 2.45) is 5.92 Å². The quantitative estimate of drug-likeness (QED) is 0.921. The minimum Gasteiger partial charge on any atom is -0.391 e. The third-order valence-electron chi connectivity index (χ3n) is 3.29. The van der Waals surface area contributed by atoms with Crippen molar-refractivity contribution in [1.29, 1.82) is 0 Å². The Labute approximate surface area is 117 Å². The van der Waals surface area contributed by atoms with E-state index in [1.807, 2.05) is 0 Å². The topological polar surface area (TPSA) is 39.6 Å². The summed E-state index contributed by atoms with van der Waals surface area (Å²) < 4.78 is 0. The van der Waals surface area contributed by atoms with Crippen molar-refractivity contribution in [3.63, 3.8) is 0 Å². The zero-order valence-corrected chi connectivity index (χ0v) is 12.5. The molecule has 1 aliphatic heterocycles. The highest BCUT2D eigenvalue weighted by atomic mass is 35.5. The smallest absolute Gasteiger partial charge is 0.187 e. The van der Waals surface area contributed by atoms with Crippen LogP contribution < -0.4 is 4.90 Å². The summed E-state index contributed by atoms with van der Waals surface area (Å²) in [6.07, 6.45) is 2.40. The highest BCUT2D eigenvalue weighted by Gasteiger charge is 2.22. The van der Waals surface area contributed by atoms with Gasteiger partial charge in [-0.2, -0.15) is 0 Å². The average Bonchev–Trinajstić information content (AvgIpc) is 2.71. The van der Waals surface area contributed by atoms with Crippen molar-refractivity contribution in [2.45, 2.75) is 19.4 Å². The van der Waals surface area contributed by atoms with Gasteiger partial charge in [0.1, 0.15) is 5.15 Å². The highest BCUT2D eigenvalue weighted by Crippen LogP contribution is 2.32. The van der Waals surface area contributed by atoms with Crippen LogP contribution in [0.2, 0.25) is 5.15 Å².